The van der Waals surface area contributed by atoms with Crippen LogP contribution < -0.4 is 10.1 Å². The van der Waals surface area contributed by atoms with Gasteiger partial charge in [0.2, 0.25) is 0 Å². The molecule has 2 aliphatic heterocycles. The van der Waals surface area contributed by atoms with Crippen LogP contribution in [0.2, 0.25) is 0 Å². The molecule has 0 amide bonds. The van der Waals surface area contributed by atoms with E-state index in [-0.39, 0.29) is 0 Å². The Labute approximate surface area is 122 Å². The zero-order valence-corrected chi connectivity index (χ0v) is 12.8. The van der Waals surface area contributed by atoms with E-state index in [9.17, 15) is 0 Å². The second-order valence-corrected chi connectivity index (χ2v) is 6.32. The highest BCUT2D eigenvalue weighted by Gasteiger charge is 2.40. The second-order valence-electron chi connectivity index (χ2n) is 6.32. The molecule has 20 heavy (non-hydrogen) atoms. The van der Waals surface area contributed by atoms with Crippen molar-refractivity contribution >= 4 is 0 Å². The summed E-state index contributed by atoms with van der Waals surface area (Å²) in [5.41, 5.74) is 1.39. The van der Waals surface area contributed by atoms with Gasteiger partial charge in [-0.05, 0) is 63.4 Å². The Morgan fingerprint density at radius 3 is 2.25 bits per heavy atom. The maximum absolute atomic E-state index is 5.26. The molecule has 2 saturated heterocycles. The van der Waals surface area contributed by atoms with Gasteiger partial charge in [0.1, 0.15) is 5.75 Å². The Morgan fingerprint density at radius 2 is 1.75 bits per heavy atom. The molecule has 0 aromatic heterocycles. The number of piperidine rings is 1. The highest BCUT2D eigenvalue weighted by molar-refractivity contribution is 5.29. The van der Waals surface area contributed by atoms with Crippen molar-refractivity contribution < 1.29 is 4.74 Å². The van der Waals surface area contributed by atoms with Gasteiger partial charge >= 0.3 is 0 Å². The van der Waals surface area contributed by atoms with Crippen LogP contribution in [0.5, 0.6) is 5.75 Å². The van der Waals surface area contributed by atoms with Gasteiger partial charge in [0.15, 0.2) is 0 Å². The van der Waals surface area contributed by atoms with Crippen molar-refractivity contribution in [3.63, 3.8) is 0 Å². The first kappa shape index (κ1) is 13.9. The van der Waals surface area contributed by atoms with Gasteiger partial charge in [-0.3, -0.25) is 0 Å². The number of fused-ring (bicyclic) bond motifs is 2. The fourth-order valence-corrected chi connectivity index (χ4v) is 4.21. The maximum atomic E-state index is 5.26. The van der Waals surface area contributed by atoms with Crippen LogP contribution in [0.1, 0.15) is 37.3 Å². The van der Waals surface area contributed by atoms with Crippen molar-refractivity contribution in [3.8, 4) is 5.75 Å². The molecule has 0 radical (unpaired) electrons. The average Bonchev–Trinajstić information content (AvgIpc) is 2.70. The molecule has 3 atom stereocenters. The second kappa shape index (κ2) is 5.74. The van der Waals surface area contributed by atoms with E-state index in [1.54, 1.807) is 7.11 Å². The number of nitrogens with zero attached hydrogens (tertiary/aromatic N) is 1. The summed E-state index contributed by atoms with van der Waals surface area (Å²) in [6.07, 6.45) is 5.42. The molecule has 0 saturated carbocycles. The zero-order chi connectivity index (χ0) is 14.1. The van der Waals surface area contributed by atoms with Crippen LogP contribution in [0.15, 0.2) is 24.3 Å². The molecule has 110 valence electrons. The first-order valence-corrected chi connectivity index (χ1v) is 7.76. The van der Waals surface area contributed by atoms with E-state index in [0.717, 1.165) is 23.8 Å². The summed E-state index contributed by atoms with van der Waals surface area (Å²) in [4.78, 5) is 2.61. The molecule has 2 aliphatic rings. The van der Waals surface area contributed by atoms with E-state index in [1.165, 1.54) is 31.2 Å². The lowest BCUT2D eigenvalue weighted by Gasteiger charge is -2.40. The predicted octanol–water partition coefficient (Wildman–Crippen LogP) is 2.83. The van der Waals surface area contributed by atoms with E-state index in [2.05, 4.69) is 48.6 Å². The summed E-state index contributed by atoms with van der Waals surface area (Å²) >= 11 is 0. The fraction of sp³-hybridized carbons (Fsp3) is 0.647. The molecule has 1 N–H and O–H groups in total. The van der Waals surface area contributed by atoms with Gasteiger partial charge in [0.25, 0.3) is 0 Å². The minimum Gasteiger partial charge on any atom is -0.497 e. The predicted molar refractivity (Wildman–Crippen MR) is 82.1 cm³/mol. The minimum absolute atomic E-state index is 0.470. The molecule has 1 aromatic rings. The van der Waals surface area contributed by atoms with E-state index in [4.69, 9.17) is 4.74 Å². The largest absolute Gasteiger partial charge is 0.497 e. The maximum Gasteiger partial charge on any atom is 0.118 e. The quantitative estimate of drug-likeness (QED) is 0.913. The van der Waals surface area contributed by atoms with Crippen LogP contribution in [-0.4, -0.2) is 38.2 Å². The van der Waals surface area contributed by atoms with Gasteiger partial charge < -0.3 is 15.0 Å². The Bertz CT molecular complexity index is 431. The average molecular weight is 274 g/mol. The Kier molecular flexibility index (Phi) is 3.99. The van der Waals surface area contributed by atoms with Gasteiger partial charge in [-0.2, -0.15) is 0 Å². The zero-order valence-electron chi connectivity index (χ0n) is 12.8. The Morgan fingerprint density at radius 1 is 1.15 bits per heavy atom. The van der Waals surface area contributed by atoms with Crippen LogP contribution in [0.4, 0.5) is 0 Å². The highest BCUT2D eigenvalue weighted by atomic mass is 16.5. The van der Waals surface area contributed by atoms with Crippen molar-refractivity contribution in [1.82, 2.24) is 10.2 Å². The summed E-state index contributed by atoms with van der Waals surface area (Å²) < 4.78 is 5.26. The molecule has 0 spiro atoms. The molecule has 2 heterocycles. The van der Waals surface area contributed by atoms with Gasteiger partial charge in [0, 0.05) is 18.1 Å². The Balaban J connectivity index is 1.76. The normalized spacial score (nSPS) is 31.2. The standard InChI is InChI=1S/C17H26N2O/c1-18-17(12-4-8-16(20-3)9-5-12)13-10-14-6-7-15(11-13)19(14)2/h4-5,8-9,13-15,17-18H,6-7,10-11H2,1-3H3. The first-order valence-electron chi connectivity index (χ1n) is 7.76. The topological polar surface area (TPSA) is 24.5 Å². The summed E-state index contributed by atoms with van der Waals surface area (Å²) in [5, 5.41) is 3.55. The van der Waals surface area contributed by atoms with Crippen LogP contribution in [0.25, 0.3) is 0 Å². The van der Waals surface area contributed by atoms with Gasteiger partial charge in [0.05, 0.1) is 7.11 Å². The van der Waals surface area contributed by atoms with Gasteiger partial charge in [-0.1, -0.05) is 12.1 Å². The lowest BCUT2D eigenvalue weighted by molar-refractivity contribution is 0.114. The molecule has 3 nitrogen and oxygen atoms in total. The van der Waals surface area contributed by atoms with Crippen molar-refractivity contribution in [2.45, 2.75) is 43.8 Å². The SMILES string of the molecule is CNC(c1ccc(OC)cc1)C1CC2CCC(C1)N2C. The minimum atomic E-state index is 0.470. The third kappa shape index (κ3) is 2.45. The van der Waals surface area contributed by atoms with Gasteiger partial charge in [-0.25, -0.2) is 0 Å². The molecule has 3 unspecified atom stereocenters. The molecule has 2 fully saturated rings. The monoisotopic (exact) mass is 274 g/mol. The van der Waals surface area contributed by atoms with Crippen LogP contribution >= 0.6 is 0 Å². The van der Waals surface area contributed by atoms with Crippen LogP contribution in [0, 0.1) is 5.92 Å². The summed E-state index contributed by atoms with van der Waals surface area (Å²) in [6.45, 7) is 0. The number of hydrogen-bond donors (Lipinski definition) is 1. The highest BCUT2D eigenvalue weighted by Crippen LogP contribution is 2.42. The van der Waals surface area contributed by atoms with E-state index < -0.39 is 0 Å². The molecule has 3 rings (SSSR count). The van der Waals surface area contributed by atoms with E-state index in [0.29, 0.717) is 6.04 Å². The summed E-state index contributed by atoms with van der Waals surface area (Å²) in [5.74, 6) is 1.69. The Hall–Kier alpha value is -1.06. The fourth-order valence-electron chi connectivity index (χ4n) is 4.21. The van der Waals surface area contributed by atoms with E-state index in [1.807, 2.05) is 0 Å². The number of ether oxygens (including phenoxy) is 1. The third-order valence-electron chi connectivity index (χ3n) is 5.39. The van der Waals surface area contributed by atoms with Crippen molar-refractivity contribution in [3.05, 3.63) is 29.8 Å². The molecular formula is C17H26N2O. The molecule has 0 aliphatic carbocycles. The van der Waals surface area contributed by atoms with Crippen molar-refractivity contribution in [2.24, 2.45) is 5.92 Å². The molecule has 2 bridgehead atoms. The van der Waals surface area contributed by atoms with Crippen LogP contribution in [0.3, 0.4) is 0 Å². The van der Waals surface area contributed by atoms with Crippen molar-refractivity contribution in [2.75, 3.05) is 21.2 Å². The number of benzene rings is 1. The van der Waals surface area contributed by atoms with E-state index >= 15 is 0 Å². The smallest absolute Gasteiger partial charge is 0.118 e. The summed E-state index contributed by atoms with van der Waals surface area (Å²) in [6, 6.07) is 10.6. The molecule has 1 aromatic carbocycles. The lowest BCUT2D eigenvalue weighted by atomic mass is 9.82. The van der Waals surface area contributed by atoms with Crippen molar-refractivity contribution in [1.29, 1.82) is 0 Å². The first-order chi connectivity index (χ1) is 9.72. The number of methoxy groups -OCH3 is 1. The van der Waals surface area contributed by atoms with Crippen LogP contribution in [-0.2, 0) is 0 Å². The van der Waals surface area contributed by atoms with Gasteiger partial charge in [-0.15, -0.1) is 0 Å². The number of nitrogens with one attached hydrogen (secondary N) is 1. The number of hydrogen-bond acceptors (Lipinski definition) is 3. The number of rotatable bonds is 4. The summed E-state index contributed by atoms with van der Waals surface area (Å²) in [7, 11) is 6.12. The molecule has 3 heteroatoms. The third-order valence-corrected chi connectivity index (χ3v) is 5.39. The molecular weight excluding hydrogens is 248 g/mol. The lowest BCUT2D eigenvalue weighted by Crippen LogP contribution is -2.43.